The molecule has 0 radical (unpaired) electrons. The number of carboxylic acids is 1. The van der Waals surface area contributed by atoms with E-state index in [-0.39, 0.29) is 17.9 Å². The molecule has 0 saturated carbocycles. The lowest BCUT2D eigenvalue weighted by molar-refractivity contribution is -0.153. The number of rotatable bonds is 4. The summed E-state index contributed by atoms with van der Waals surface area (Å²) in [5.41, 5.74) is 4.84. The lowest BCUT2D eigenvalue weighted by atomic mass is 9.74. The Bertz CT molecular complexity index is 326. The van der Waals surface area contributed by atoms with Gasteiger partial charge in [0, 0.05) is 25.6 Å². The molecule has 0 aromatic carbocycles. The Balaban J connectivity index is 2.67. The zero-order valence-corrected chi connectivity index (χ0v) is 11.5. The van der Waals surface area contributed by atoms with Gasteiger partial charge < -0.3 is 15.7 Å². The molecule has 0 aliphatic carbocycles. The quantitative estimate of drug-likeness (QED) is 0.788. The number of piperidine rings is 1. The Hall–Kier alpha value is -1.10. The number of amides is 1. The van der Waals surface area contributed by atoms with Crippen molar-refractivity contribution in [2.75, 3.05) is 13.1 Å². The zero-order valence-electron chi connectivity index (χ0n) is 11.5. The van der Waals surface area contributed by atoms with Crippen molar-refractivity contribution in [2.45, 2.75) is 46.1 Å². The van der Waals surface area contributed by atoms with Crippen LogP contribution in [0.2, 0.25) is 0 Å². The Morgan fingerprint density at radius 3 is 2.61 bits per heavy atom. The van der Waals surface area contributed by atoms with Gasteiger partial charge in [-0.3, -0.25) is 9.59 Å². The smallest absolute Gasteiger partial charge is 0.309 e. The number of nitrogens with zero attached hydrogens (tertiary/aromatic N) is 1. The minimum absolute atomic E-state index is 0.0146. The van der Waals surface area contributed by atoms with Crippen LogP contribution in [-0.2, 0) is 9.59 Å². The molecule has 1 fully saturated rings. The molecular formula is C13H24N2O3. The molecule has 0 bridgehead atoms. The highest BCUT2D eigenvalue weighted by Crippen LogP contribution is 2.34. The molecule has 18 heavy (non-hydrogen) atoms. The van der Waals surface area contributed by atoms with Crippen LogP contribution in [0.15, 0.2) is 0 Å². The van der Waals surface area contributed by atoms with Crippen LogP contribution >= 0.6 is 0 Å². The second-order valence-electron chi connectivity index (χ2n) is 5.89. The summed E-state index contributed by atoms with van der Waals surface area (Å²) in [6.45, 7) is 6.53. The van der Waals surface area contributed by atoms with Crippen LogP contribution in [0.5, 0.6) is 0 Å². The zero-order chi connectivity index (χ0) is 13.9. The van der Waals surface area contributed by atoms with Crippen molar-refractivity contribution in [3.8, 4) is 0 Å². The molecule has 1 rings (SSSR count). The van der Waals surface area contributed by atoms with Crippen molar-refractivity contribution < 1.29 is 14.7 Å². The van der Waals surface area contributed by atoms with E-state index in [4.69, 9.17) is 5.73 Å². The third kappa shape index (κ3) is 3.45. The van der Waals surface area contributed by atoms with Crippen LogP contribution in [-0.4, -0.2) is 41.0 Å². The maximum atomic E-state index is 11.9. The Labute approximate surface area is 108 Å². The molecule has 5 heteroatoms. The Morgan fingerprint density at radius 1 is 1.50 bits per heavy atom. The van der Waals surface area contributed by atoms with Crippen molar-refractivity contribution in [2.24, 2.45) is 17.1 Å². The first kappa shape index (κ1) is 15.0. The number of carbonyl (C=O) groups excluding carboxylic acids is 1. The number of hydrogen-bond donors (Lipinski definition) is 2. The molecule has 1 amide bonds. The molecule has 1 aliphatic rings. The van der Waals surface area contributed by atoms with E-state index < -0.39 is 11.4 Å². The summed E-state index contributed by atoms with van der Waals surface area (Å²) >= 11 is 0. The van der Waals surface area contributed by atoms with Gasteiger partial charge in [0.05, 0.1) is 5.41 Å². The van der Waals surface area contributed by atoms with Gasteiger partial charge >= 0.3 is 5.97 Å². The van der Waals surface area contributed by atoms with E-state index in [9.17, 15) is 14.7 Å². The minimum Gasteiger partial charge on any atom is -0.481 e. The van der Waals surface area contributed by atoms with Gasteiger partial charge in [0.15, 0.2) is 0 Å². The number of aliphatic carboxylic acids is 1. The normalized spacial score (nSPS) is 22.7. The molecule has 1 aliphatic heterocycles. The van der Waals surface area contributed by atoms with Gasteiger partial charge in [0.1, 0.15) is 0 Å². The molecule has 2 unspecified atom stereocenters. The molecule has 0 aromatic heterocycles. The third-order valence-corrected chi connectivity index (χ3v) is 3.84. The van der Waals surface area contributed by atoms with Crippen LogP contribution < -0.4 is 5.73 Å². The highest BCUT2D eigenvalue weighted by atomic mass is 16.4. The predicted octanol–water partition coefficient (Wildman–Crippen LogP) is 1.07. The van der Waals surface area contributed by atoms with Gasteiger partial charge in [-0.05, 0) is 39.5 Å². The van der Waals surface area contributed by atoms with E-state index in [0.29, 0.717) is 13.0 Å². The van der Waals surface area contributed by atoms with Crippen molar-refractivity contribution in [3.05, 3.63) is 0 Å². The molecule has 0 aromatic rings. The first-order valence-corrected chi connectivity index (χ1v) is 6.52. The van der Waals surface area contributed by atoms with E-state index >= 15 is 0 Å². The number of likely N-dealkylation sites (tertiary alicyclic amines) is 1. The summed E-state index contributed by atoms with van der Waals surface area (Å²) in [7, 11) is 0. The molecular weight excluding hydrogens is 232 g/mol. The maximum absolute atomic E-state index is 11.9. The Kier molecular flexibility index (Phi) is 4.73. The molecule has 1 saturated heterocycles. The van der Waals surface area contributed by atoms with E-state index in [1.807, 2.05) is 0 Å². The highest BCUT2D eigenvalue weighted by Gasteiger charge is 2.39. The number of nitrogens with two attached hydrogens (primary N) is 1. The maximum Gasteiger partial charge on any atom is 0.309 e. The summed E-state index contributed by atoms with van der Waals surface area (Å²) in [6, 6.07) is -0.148. The Morgan fingerprint density at radius 2 is 2.11 bits per heavy atom. The lowest BCUT2D eigenvalue weighted by Crippen LogP contribution is -2.47. The van der Waals surface area contributed by atoms with Gasteiger partial charge in [-0.15, -0.1) is 0 Å². The van der Waals surface area contributed by atoms with Gasteiger partial charge in [0.25, 0.3) is 0 Å². The fourth-order valence-electron chi connectivity index (χ4n) is 2.37. The highest BCUT2D eigenvalue weighted by molar-refractivity contribution is 5.77. The van der Waals surface area contributed by atoms with Crippen molar-refractivity contribution >= 4 is 11.9 Å². The van der Waals surface area contributed by atoms with Crippen LogP contribution in [0.4, 0.5) is 0 Å². The number of carbonyl (C=O) groups is 2. The number of hydrogen-bond acceptors (Lipinski definition) is 3. The predicted molar refractivity (Wildman–Crippen MR) is 69.0 cm³/mol. The second kappa shape index (κ2) is 5.69. The van der Waals surface area contributed by atoms with E-state index in [2.05, 4.69) is 0 Å². The fraction of sp³-hybridized carbons (Fsp3) is 0.846. The topological polar surface area (TPSA) is 83.6 Å². The van der Waals surface area contributed by atoms with Crippen LogP contribution in [0.3, 0.4) is 0 Å². The van der Waals surface area contributed by atoms with Crippen molar-refractivity contribution in [3.63, 3.8) is 0 Å². The van der Waals surface area contributed by atoms with E-state index in [1.54, 1.807) is 25.7 Å². The molecule has 5 nitrogen and oxygen atoms in total. The first-order chi connectivity index (χ1) is 8.25. The summed E-state index contributed by atoms with van der Waals surface area (Å²) in [4.78, 5) is 25.0. The van der Waals surface area contributed by atoms with E-state index in [0.717, 1.165) is 19.4 Å². The summed E-state index contributed by atoms with van der Waals surface area (Å²) in [5.74, 6) is -0.745. The van der Waals surface area contributed by atoms with Gasteiger partial charge in [-0.25, -0.2) is 0 Å². The van der Waals surface area contributed by atoms with Crippen LogP contribution in [0.1, 0.15) is 40.0 Å². The minimum atomic E-state index is -0.797. The average molecular weight is 256 g/mol. The summed E-state index contributed by atoms with van der Waals surface area (Å²) in [5, 5.41) is 9.24. The lowest BCUT2D eigenvalue weighted by Gasteiger charge is -2.39. The molecule has 2 atom stereocenters. The van der Waals surface area contributed by atoms with Crippen molar-refractivity contribution in [1.29, 1.82) is 0 Å². The third-order valence-electron chi connectivity index (χ3n) is 3.84. The summed E-state index contributed by atoms with van der Waals surface area (Å²) < 4.78 is 0. The van der Waals surface area contributed by atoms with E-state index in [1.165, 1.54) is 0 Å². The van der Waals surface area contributed by atoms with Gasteiger partial charge in [-0.2, -0.15) is 0 Å². The standard InChI is InChI=1S/C13H24N2O3/c1-9(14)7-11(16)15-6-4-5-10(8-15)13(2,3)12(17)18/h9-10H,4-8,14H2,1-3H3,(H,17,18). The average Bonchev–Trinajstić information content (AvgIpc) is 2.28. The first-order valence-electron chi connectivity index (χ1n) is 6.52. The molecule has 1 heterocycles. The van der Waals surface area contributed by atoms with Gasteiger partial charge in [0.2, 0.25) is 5.91 Å². The SMILES string of the molecule is CC(N)CC(=O)N1CCCC(C(C)(C)C(=O)O)C1. The molecule has 3 N–H and O–H groups in total. The fourth-order valence-corrected chi connectivity index (χ4v) is 2.37. The van der Waals surface area contributed by atoms with Crippen LogP contribution in [0, 0.1) is 11.3 Å². The van der Waals surface area contributed by atoms with Crippen molar-refractivity contribution in [1.82, 2.24) is 4.90 Å². The largest absolute Gasteiger partial charge is 0.481 e. The molecule has 104 valence electrons. The number of carboxylic acid groups (broad SMARTS) is 1. The van der Waals surface area contributed by atoms with Gasteiger partial charge in [-0.1, -0.05) is 0 Å². The molecule has 0 spiro atoms. The second-order valence-corrected chi connectivity index (χ2v) is 5.89. The monoisotopic (exact) mass is 256 g/mol. The van der Waals surface area contributed by atoms with Crippen LogP contribution in [0.25, 0.3) is 0 Å². The summed E-state index contributed by atoms with van der Waals surface area (Å²) in [6.07, 6.45) is 2.06.